The van der Waals surface area contributed by atoms with Gasteiger partial charge >= 0.3 is 0 Å². The molecule has 2 unspecified atom stereocenters. The van der Waals surface area contributed by atoms with Gasteiger partial charge in [-0.25, -0.2) is 0 Å². The van der Waals surface area contributed by atoms with E-state index >= 15 is 0 Å². The number of piperidine rings is 1. The third-order valence-electron chi connectivity index (χ3n) is 4.76. The Morgan fingerprint density at radius 1 is 1.47 bits per heavy atom. The smallest absolute Gasteiger partial charge is 0.230 e. The molecule has 17 heavy (non-hydrogen) atoms. The molecule has 0 radical (unpaired) electrons. The van der Waals surface area contributed by atoms with Gasteiger partial charge in [-0.15, -0.1) is 0 Å². The number of hydrogen-bond acceptors (Lipinski definition) is 2. The Kier molecular flexibility index (Phi) is 4.08. The number of nitrogens with zero attached hydrogens (tertiary/aromatic N) is 1. The van der Waals surface area contributed by atoms with Gasteiger partial charge in [-0.05, 0) is 38.1 Å². The molecule has 3 heteroatoms. The van der Waals surface area contributed by atoms with E-state index in [1.54, 1.807) is 0 Å². The number of carbonyl (C=O) groups is 1. The third kappa shape index (κ3) is 2.49. The van der Waals surface area contributed by atoms with E-state index in [2.05, 4.69) is 24.1 Å². The summed E-state index contributed by atoms with van der Waals surface area (Å²) in [5, 5.41) is 3.36. The molecule has 0 aromatic rings. The van der Waals surface area contributed by atoms with Gasteiger partial charge in [0.25, 0.3) is 0 Å². The van der Waals surface area contributed by atoms with E-state index in [1.165, 1.54) is 19.3 Å². The summed E-state index contributed by atoms with van der Waals surface area (Å²) in [6.07, 6.45) is 5.71. The van der Waals surface area contributed by atoms with Crippen LogP contribution in [-0.2, 0) is 4.79 Å². The van der Waals surface area contributed by atoms with Gasteiger partial charge in [-0.2, -0.15) is 0 Å². The number of amides is 1. The van der Waals surface area contributed by atoms with Crippen LogP contribution < -0.4 is 5.32 Å². The molecular formula is C14H26N2O. The molecule has 98 valence electrons. The molecule has 2 aliphatic rings. The number of hydrogen-bond donors (Lipinski definition) is 1. The van der Waals surface area contributed by atoms with Gasteiger partial charge in [0.2, 0.25) is 5.91 Å². The molecule has 1 N–H and O–H groups in total. The van der Waals surface area contributed by atoms with Crippen molar-refractivity contribution in [1.29, 1.82) is 0 Å². The van der Waals surface area contributed by atoms with E-state index in [4.69, 9.17) is 0 Å². The first kappa shape index (κ1) is 12.9. The van der Waals surface area contributed by atoms with E-state index in [-0.39, 0.29) is 5.41 Å². The molecule has 3 nitrogen and oxygen atoms in total. The zero-order valence-electron chi connectivity index (χ0n) is 11.3. The number of carbonyl (C=O) groups excluding carboxylic acids is 1. The minimum Gasteiger partial charge on any atom is -0.342 e. The number of likely N-dealkylation sites (tertiary alicyclic amines) is 1. The quantitative estimate of drug-likeness (QED) is 0.816. The van der Waals surface area contributed by atoms with Gasteiger partial charge in [0.15, 0.2) is 0 Å². The lowest BCUT2D eigenvalue weighted by Gasteiger charge is -2.38. The van der Waals surface area contributed by atoms with Crippen molar-refractivity contribution in [1.82, 2.24) is 10.2 Å². The van der Waals surface area contributed by atoms with Crippen molar-refractivity contribution in [3.8, 4) is 0 Å². The maximum absolute atomic E-state index is 12.7. The van der Waals surface area contributed by atoms with Crippen molar-refractivity contribution < 1.29 is 4.79 Å². The van der Waals surface area contributed by atoms with Crippen LogP contribution in [0.2, 0.25) is 0 Å². The van der Waals surface area contributed by atoms with Crippen molar-refractivity contribution in [3.63, 3.8) is 0 Å². The van der Waals surface area contributed by atoms with E-state index < -0.39 is 0 Å². The first-order valence-corrected chi connectivity index (χ1v) is 7.22. The second-order valence-corrected chi connectivity index (χ2v) is 5.73. The van der Waals surface area contributed by atoms with E-state index in [0.717, 1.165) is 44.9 Å². The van der Waals surface area contributed by atoms with Crippen molar-refractivity contribution in [2.75, 3.05) is 26.2 Å². The van der Waals surface area contributed by atoms with Crippen molar-refractivity contribution in [2.24, 2.45) is 11.3 Å². The Labute approximate surface area is 105 Å². The monoisotopic (exact) mass is 238 g/mol. The molecule has 2 saturated heterocycles. The summed E-state index contributed by atoms with van der Waals surface area (Å²) in [7, 11) is 0. The molecule has 0 bridgehead atoms. The molecule has 0 aromatic heterocycles. The maximum atomic E-state index is 12.7. The zero-order valence-corrected chi connectivity index (χ0v) is 11.3. The SMILES string of the molecule is CCC1CCCN(C(=O)C2(CC)CCNC2)C1. The van der Waals surface area contributed by atoms with Crippen LogP contribution in [-0.4, -0.2) is 37.0 Å². The van der Waals surface area contributed by atoms with Crippen LogP contribution in [0.5, 0.6) is 0 Å². The van der Waals surface area contributed by atoms with Crippen LogP contribution in [0, 0.1) is 11.3 Å². The van der Waals surface area contributed by atoms with Gasteiger partial charge in [0, 0.05) is 19.6 Å². The summed E-state index contributed by atoms with van der Waals surface area (Å²) in [4.78, 5) is 14.8. The molecule has 2 aliphatic heterocycles. The Balaban J connectivity index is 2.03. The molecule has 0 spiro atoms. The molecule has 2 rings (SSSR count). The first-order valence-electron chi connectivity index (χ1n) is 7.22. The molecule has 1 amide bonds. The van der Waals surface area contributed by atoms with E-state index in [0.29, 0.717) is 5.91 Å². The fraction of sp³-hybridized carbons (Fsp3) is 0.929. The molecule has 2 fully saturated rings. The van der Waals surface area contributed by atoms with Gasteiger partial charge in [-0.3, -0.25) is 4.79 Å². The van der Waals surface area contributed by atoms with Gasteiger partial charge in [0.05, 0.1) is 5.41 Å². The second kappa shape index (κ2) is 5.38. The van der Waals surface area contributed by atoms with Crippen LogP contribution in [0.25, 0.3) is 0 Å². The Morgan fingerprint density at radius 3 is 2.88 bits per heavy atom. The normalized spacial score (nSPS) is 34.0. The summed E-state index contributed by atoms with van der Waals surface area (Å²) >= 11 is 0. The minimum absolute atomic E-state index is 0.0877. The van der Waals surface area contributed by atoms with Crippen LogP contribution in [0.1, 0.15) is 46.0 Å². The Morgan fingerprint density at radius 2 is 2.29 bits per heavy atom. The topological polar surface area (TPSA) is 32.3 Å². The van der Waals surface area contributed by atoms with Gasteiger partial charge in [0.1, 0.15) is 0 Å². The predicted octanol–water partition coefficient (Wildman–Crippen LogP) is 2.02. The third-order valence-corrected chi connectivity index (χ3v) is 4.76. The number of nitrogens with one attached hydrogen (secondary N) is 1. The van der Waals surface area contributed by atoms with Crippen LogP contribution in [0.15, 0.2) is 0 Å². The lowest BCUT2D eigenvalue weighted by atomic mass is 9.81. The number of rotatable bonds is 3. The molecule has 0 aromatic carbocycles. The molecule has 2 heterocycles. The molecule has 0 aliphatic carbocycles. The lowest BCUT2D eigenvalue weighted by molar-refractivity contribution is -0.143. The van der Waals surface area contributed by atoms with Crippen LogP contribution in [0.4, 0.5) is 0 Å². The Bertz CT molecular complexity index is 271. The van der Waals surface area contributed by atoms with Crippen molar-refractivity contribution in [2.45, 2.75) is 46.0 Å². The highest BCUT2D eigenvalue weighted by molar-refractivity contribution is 5.83. The average Bonchev–Trinajstić information content (AvgIpc) is 2.88. The average molecular weight is 238 g/mol. The largest absolute Gasteiger partial charge is 0.342 e. The summed E-state index contributed by atoms with van der Waals surface area (Å²) in [5.41, 5.74) is -0.0877. The highest BCUT2D eigenvalue weighted by Gasteiger charge is 2.42. The Hall–Kier alpha value is -0.570. The lowest BCUT2D eigenvalue weighted by Crippen LogP contribution is -2.48. The molecule has 2 atom stereocenters. The van der Waals surface area contributed by atoms with Gasteiger partial charge < -0.3 is 10.2 Å². The van der Waals surface area contributed by atoms with Gasteiger partial charge in [-0.1, -0.05) is 20.3 Å². The zero-order chi connectivity index (χ0) is 12.3. The van der Waals surface area contributed by atoms with Crippen LogP contribution in [0.3, 0.4) is 0 Å². The molecule has 0 saturated carbocycles. The fourth-order valence-corrected chi connectivity index (χ4v) is 3.30. The summed E-state index contributed by atoms with van der Waals surface area (Å²) in [5.74, 6) is 1.15. The maximum Gasteiger partial charge on any atom is 0.230 e. The molecular weight excluding hydrogens is 212 g/mol. The minimum atomic E-state index is -0.0877. The summed E-state index contributed by atoms with van der Waals surface area (Å²) < 4.78 is 0. The summed E-state index contributed by atoms with van der Waals surface area (Å²) in [6.45, 7) is 8.27. The predicted molar refractivity (Wildman–Crippen MR) is 69.8 cm³/mol. The van der Waals surface area contributed by atoms with E-state index in [9.17, 15) is 4.79 Å². The fourth-order valence-electron chi connectivity index (χ4n) is 3.30. The van der Waals surface area contributed by atoms with Crippen molar-refractivity contribution >= 4 is 5.91 Å². The van der Waals surface area contributed by atoms with Crippen molar-refractivity contribution in [3.05, 3.63) is 0 Å². The van der Waals surface area contributed by atoms with Crippen LogP contribution >= 0.6 is 0 Å². The summed E-state index contributed by atoms with van der Waals surface area (Å²) in [6, 6.07) is 0. The second-order valence-electron chi connectivity index (χ2n) is 5.73. The highest BCUT2D eigenvalue weighted by atomic mass is 16.2. The first-order chi connectivity index (χ1) is 8.22. The highest BCUT2D eigenvalue weighted by Crippen LogP contribution is 2.33. The van der Waals surface area contributed by atoms with E-state index in [1.807, 2.05) is 0 Å². The standard InChI is InChI=1S/C14H26N2O/c1-3-12-6-5-9-16(10-12)13(17)14(4-2)7-8-15-11-14/h12,15H,3-11H2,1-2H3.